The topological polar surface area (TPSA) is 51.0 Å². The van der Waals surface area contributed by atoms with Gasteiger partial charge in [-0.15, -0.1) is 0 Å². The number of para-hydroxylation sites is 1. The van der Waals surface area contributed by atoms with Crippen molar-refractivity contribution in [2.45, 2.75) is 20.0 Å². The molecule has 0 aliphatic heterocycles. The van der Waals surface area contributed by atoms with Crippen molar-refractivity contribution in [3.05, 3.63) is 59.9 Å². The maximum Gasteiger partial charge on any atom is 0.134 e. The number of rotatable bonds is 4. The van der Waals surface area contributed by atoms with E-state index in [-0.39, 0.29) is 0 Å². The number of fused-ring (bicyclic) bond motifs is 1. The van der Waals surface area contributed by atoms with Crippen molar-refractivity contribution in [3.63, 3.8) is 0 Å². The minimum Gasteiger partial charge on any atom is -0.464 e. The summed E-state index contributed by atoms with van der Waals surface area (Å²) in [6.07, 6.45) is 5.39. The highest BCUT2D eigenvalue weighted by Gasteiger charge is 2.04. The minimum atomic E-state index is 0.701. The largest absolute Gasteiger partial charge is 0.464 e. The van der Waals surface area contributed by atoms with Gasteiger partial charge in [0.1, 0.15) is 5.58 Å². The Morgan fingerprint density at radius 2 is 2.00 bits per heavy atom. The molecule has 3 aromatic rings. The Kier molecular flexibility index (Phi) is 3.25. The van der Waals surface area contributed by atoms with Gasteiger partial charge in [0, 0.05) is 36.4 Å². The zero-order valence-electron chi connectivity index (χ0n) is 10.8. The Hall–Kier alpha value is -2.20. The second-order valence-corrected chi connectivity index (χ2v) is 4.51. The molecule has 96 valence electrons. The molecule has 0 atom stereocenters. The molecule has 0 aliphatic rings. The summed E-state index contributed by atoms with van der Waals surface area (Å²) in [7, 11) is 0. The number of aryl methyl sites for hydroxylation is 1. The summed E-state index contributed by atoms with van der Waals surface area (Å²) < 4.78 is 5.50. The van der Waals surface area contributed by atoms with Gasteiger partial charge in [-0.25, -0.2) is 0 Å². The van der Waals surface area contributed by atoms with Crippen molar-refractivity contribution in [2.24, 2.45) is 0 Å². The minimum absolute atomic E-state index is 0.701. The third kappa shape index (κ3) is 2.63. The highest BCUT2D eigenvalue weighted by Crippen LogP contribution is 2.20. The van der Waals surface area contributed by atoms with Crippen LogP contribution in [-0.4, -0.2) is 9.97 Å². The second-order valence-electron chi connectivity index (χ2n) is 4.51. The number of nitrogens with zero attached hydrogens (tertiary/aromatic N) is 2. The molecule has 4 heteroatoms. The molecule has 1 aromatic carbocycles. The molecule has 0 bridgehead atoms. The number of benzene rings is 1. The van der Waals surface area contributed by atoms with Crippen LogP contribution >= 0.6 is 0 Å². The van der Waals surface area contributed by atoms with E-state index in [0.29, 0.717) is 6.54 Å². The van der Waals surface area contributed by atoms with Crippen LogP contribution in [0.15, 0.2) is 47.3 Å². The van der Waals surface area contributed by atoms with Crippen LogP contribution in [0.3, 0.4) is 0 Å². The second kappa shape index (κ2) is 5.20. The highest BCUT2D eigenvalue weighted by atomic mass is 16.3. The van der Waals surface area contributed by atoms with Gasteiger partial charge >= 0.3 is 0 Å². The molecule has 0 unspecified atom stereocenters. The summed E-state index contributed by atoms with van der Waals surface area (Å²) in [6, 6.07) is 8.05. The molecule has 4 nitrogen and oxygen atoms in total. The monoisotopic (exact) mass is 253 g/mol. The zero-order valence-corrected chi connectivity index (χ0v) is 10.8. The van der Waals surface area contributed by atoms with Crippen LogP contribution in [0.4, 0.5) is 0 Å². The molecule has 0 fully saturated rings. The Labute approximate surface area is 111 Å². The van der Waals surface area contributed by atoms with Gasteiger partial charge in [-0.2, -0.15) is 0 Å². The molecule has 0 aliphatic carbocycles. The number of aromatic nitrogens is 2. The van der Waals surface area contributed by atoms with Gasteiger partial charge in [0.25, 0.3) is 0 Å². The van der Waals surface area contributed by atoms with E-state index in [9.17, 15) is 0 Å². The quantitative estimate of drug-likeness (QED) is 0.776. The lowest BCUT2D eigenvalue weighted by molar-refractivity contribution is 0.600. The average molecular weight is 253 g/mol. The zero-order chi connectivity index (χ0) is 13.1. The lowest BCUT2D eigenvalue weighted by atomic mass is 10.2. The normalized spacial score (nSPS) is 11.0. The van der Waals surface area contributed by atoms with E-state index in [2.05, 4.69) is 21.4 Å². The summed E-state index contributed by atoms with van der Waals surface area (Å²) >= 11 is 0. The Balaban J connectivity index is 1.65. The lowest BCUT2D eigenvalue weighted by Gasteiger charge is -2.03. The van der Waals surface area contributed by atoms with Crippen LogP contribution < -0.4 is 5.32 Å². The molecule has 2 heterocycles. The standard InChI is InChI=1S/C15H15N3O/c1-11-6-18-13(9-17-11)8-16-7-12-10-19-15-5-3-2-4-14(12)15/h2-6,9-10,16H,7-8H2,1H3. The smallest absolute Gasteiger partial charge is 0.134 e. The first-order valence-corrected chi connectivity index (χ1v) is 6.26. The van der Waals surface area contributed by atoms with Crippen LogP contribution in [0.2, 0.25) is 0 Å². The van der Waals surface area contributed by atoms with Crippen LogP contribution in [-0.2, 0) is 13.1 Å². The Bertz CT molecular complexity index is 673. The van der Waals surface area contributed by atoms with Crippen molar-refractivity contribution in [2.75, 3.05) is 0 Å². The fourth-order valence-corrected chi connectivity index (χ4v) is 2.01. The maximum atomic E-state index is 5.50. The summed E-state index contributed by atoms with van der Waals surface area (Å²) in [5.41, 5.74) is 3.97. The van der Waals surface area contributed by atoms with E-state index < -0.39 is 0 Å². The van der Waals surface area contributed by atoms with Gasteiger partial charge in [-0.1, -0.05) is 18.2 Å². The molecule has 3 rings (SSSR count). The number of hydrogen-bond donors (Lipinski definition) is 1. The first kappa shape index (κ1) is 11.9. The molecule has 2 aromatic heterocycles. The maximum absolute atomic E-state index is 5.50. The van der Waals surface area contributed by atoms with Gasteiger partial charge in [0.2, 0.25) is 0 Å². The molecule has 1 N–H and O–H groups in total. The molecular weight excluding hydrogens is 238 g/mol. The summed E-state index contributed by atoms with van der Waals surface area (Å²) in [4.78, 5) is 8.53. The van der Waals surface area contributed by atoms with Crippen LogP contribution in [0, 0.1) is 6.92 Å². The first-order valence-electron chi connectivity index (χ1n) is 6.26. The van der Waals surface area contributed by atoms with Crippen molar-refractivity contribution >= 4 is 11.0 Å². The first-order chi connectivity index (χ1) is 9.33. The van der Waals surface area contributed by atoms with E-state index in [1.807, 2.05) is 25.1 Å². The van der Waals surface area contributed by atoms with Gasteiger partial charge in [-0.05, 0) is 13.0 Å². The highest BCUT2D eigenvalue weighted by molar-refractivity contribution is 5.80. The fraction of sp³-hybridized carbons (Fsp3) is 0.200. The lowest BCUT2D eigenvalue weighted by Crippen LogP contribution is -2.13. The third-order valence-electron chi connectivity index (χ3n) is 3.02. The number of nitrogens with one attached hydrogen (secondary N) is 1. The third-order valence-corrected chi connectivity index (χ3v) is 3.02. The van der Waals surface area contributed by atoms with Gasteiger partial charge in [0.15, 0.2) is 0 Å². The van der Waals surface area contributed by atoms with Crippen LogP contribution in [0.5, 0.6) is 0 Å². The van der Waals surface area contributed by atoms with E-state index in [4.69, 9.17) is 4.42 Å². The SMILES string of the molecule is Cc1cnc(CNCc2coc3ccccc23)cn1. The molecule has 0 radical (unpaired) electrons. The molecule has 19 heavy (non-hydrogen) atoms. The van der Waals surface area contributed by atoms with Gasteiger partial charge < -0.3 is 9.73 Å². The van der Waals surface area contributed by atoms with Crippen molar-refractivity contribution in [1.29, 1.82) is 0 Å². The van der Waals surface area contributed by atoms with Crippen molar-refractivity contribution in [3.8, 4) is 0 Å². The van der Waals surface area contributed by atoms with E-state index >= 15 is 0 Å². The Morgan fingerprint density at radius 1 is 1.11 bits per heavy atom. The number of hydrogen-bond acceptors (Lipinski definition) is 4. The van der Waals surface area contributed by atoms with E-state index in [0.717, 1.165) is 34.5 Å². The molecule has 0 amide bonds. The molecule has 0 saturated carbocycles. The van der Waals surface area contributed by atoms with Crippen LogP contribution in [0.1, 0.15) is 17.0 Å². The van der Waals surface area contributed by atoms with Gasteiger partial charge in [-0.3, -0.25) is 9.97 Å². The van der Waals surface area contributed by atoms with E-state index in [1.165, 1.54) is 0 Å². The molecule has 0 saturated heterocycles. The average Bonchev–Trinajstić information content (AvgIpc) is 2.85. The van der Waals surface area contributed by atoms with Gasteiger partial charge in [0.05, 0.1) is 17.7 Å². The summed E-state index contributed by atoms with van der Waals surface area (Å²) in [6.45, 7) is 3.39. The number of furan rings is 1. The summed E-state index contributed by atoms with van der Waals surface area (Å²) in [5, 5.41) is 4.51. The molecule has 0 spiro atoms. The van der Waals surface area contributed by atoms with Crippen LogP contribution in [0.25, 0.3) is 11.0 Å². The Morgan fingerprint density at radius 3 is 2.84 bits per heavy atom. The fourth-order valence-electron chi connectivity index (χ4n) is 2.01. The summed E-state index contributed by atoms with van der Waals surface area (Å²) in [5.74, 6) is 0. The predicted octanol–water partition coefficient (Wildman–Crippen LogP) is 2.82. The van der Waals surface area contributed by atoms with Crippen molar-refractivity contribution in [1.82, 2.24) is 15.3 Å². The molecular formula is C15H15N3O. The predicted molar refractivity (Wildman–Crippen MR) is 73.5 cm³/mol. The van der Waals surface area contributed by atoms with E-state index in [1.54, 1.807) is 18.7 Å². The van der Waals surface area contributed by atoms with Crippen molar-refractivity contribution < 1.29 is 4.42 Å².